The second kappa shape index (κ2) is 11.8. The van der Waals surface area contributed by atoms with Crippen LogP contribution in [-0.4, -0.2) is 0 Å². The molecule has 12 rings (SSSR count). The van der Waals surface area contributed by atoms with Gasteiger partial charge in [0.25, 0.3) is 0 Å². The highest BCUT2D eigenvalue weighted by molar-refractivity contribution is 6.25. The van der Waals surface area contributed by atoms with Crippen LogP contribution in [0.3, 0.4) is 0 Å². The highest BCUT2D eigenvalue weighted by atomic mass is 16.3. The minimum Gasteiger partial charge on any atom is -0.456 e. The molecule has 0 fully saturated rings. The fourth-order valence-electron chi connectivity index (χ4n) is 10.5. The van der Waals surface area contributed by atoms with Crippen molar-refractivity contribution in [3.8, 4) is 33.4 Å². The van der Waals surface area contributed by atoms with Gasteiger partial charge in [0.15, 0.2) is 0 Å². The number of fused-ring (bicyclic) bond motifs is 12. The lowest BCUT2D eigenvalue weighted by atomic mass is 9.82. The van der Waals surface area contributed by atoms with Crippen LogP contribution in [0, 0.1) is 0 Å². The van der Waals surface area contributed by atoms with E-state index in [4.69, 9.17) is 4.42 Å². The maximum atomic E-state index is 6.94. The Labute approximate surface area is 338 Å². The molecule has 0 N–H and O–H groups in total. The molecule has 0 aliphatic heterocycles. The highest BCUT2D eigenvalue weighted by Gasteiger charge is 2.38. The van der Waals surface area contributed by atoms with Crippen LogP contribution < -0.4 is 4.90 Å². The van der Waals surface area contributed by atoms with Crippen LogP contribution >= 0.6 is 0 Å². The van der Waals surface area contributed by atoms with E-state index in [0.29, 0.717) is 0 Å². The van der Waals surface area contributed by atoms with Crippen molar-refractivity contribution in [1.82, 2.24) is 0 Å². The number of rotatable bonds is 4. The smallest absolute Gasteiger partial charge is 0.137 e. The van der Waals surface area contributed by atoms with E-state index in [1.165, 1.54) is 77.2 Å². The van der Waals surface area contributed by atoms with Crippen molar-refractivity contribution in [2.24, 2.45) is 0 Å². The normalized spacial score (nSPS) is 14.5. The Kier molecular flexibility index (Phi) is 6.78. The van der Waals surface area contributed by atoms with Crippen molar-refractivity contribution in [2.75, 3.05) is 4.90 Å². The molecule has 10 aromatic rings. The number of benzene rings is 9. The first kappa shape index (κ1) is 33.3. The molecule has 1 aromatic heterocycles. The number of anilines is 3. The third-order valence-corrected chi connectivity index (χ3v) is 13.4. The average molecular weight is 744 g/mol. The molecular weight excluding hydrogens is 703 g/mol. The second-order valence-corrected chi connectivity index (χ2v) is 17.3. The monoisotopic (exact) mass is 743 g/mol. The largest absolute Gasteiger partial charge is 0.456 e. The minimum absolute atomic E-state index is 0.140. The topological polar surface area (TPSA) is 16.4 Å². The van der Waals surface area contributed by atoms with Gasteiger partial charge in [0.1, 0.15) is 11.2 Å². The zero-order valence-electron chi connectivity index (χ0n) is 33.1. The number of hydrogen-bond acceptors (Lipinski definition) is 2. The van der Waals surface area contributed by atoms with Crippen molar-refractivity contribution < 1.29 is 4.42 Å². The van der Waals surface area contributed by atoms with E-state index in [1.807, 2.05) is 0 Å². The summed E-state index contributed by atoms with van der Waals surface area (Å²) in [5, 5.41) is 7.12. The van der Waals surface area contributed by atoms with Gasteiger partial charge in [0, 0.05) is 27.6 Å². The number of furan rings is 1. The van der Waals surface area contributed by atoms with E-state index in [0.717, 1.165) is 39.0 Å². The van der Waals surface area contributed by atoms with Gasteiger partial charge in [-0.05, 0) is 126 Å². The van der Waals surface area contributed by atoms with Crippen LogP contribution in [0.15, 0.2) is 180 Å². The zero-order valence-corrected chi connectivity index (χ0v) is 33.1. The molecule has 276 valence electrons. The fourth-order valence-corrected chi connectivity index (χ4v) is 10.5. The standard InChI is InChI=1S/C56H41NO/c1-55(2)46-20-11-9-17-40(46)42-28-26-37(31-48(42)55)57(38-27-29-43-41-18-10-12-21-47(41)56(3,4)49(43)32-38)50-22-13-23-51-54(50)53-44-19-8-7-16-39(44)45(33-52(53)58-51)36-25-24-34-14-5-6-15-35(34)30-36/h5-33H,1-4H3. The van der Waals surface area contributed by atoms with Gasteiger partial charge in [-0.15, -0.1) is 0 Å². The van der Waals surface area contributed by atoms with Crippen molar-refractivity contribution in [3.63, 3.8) is 0 Å². The number of nitrogens with zero attached hydrogens (tertiary/aromatic N) is 1. The zero-order chi connectivity index (χ0) is 38.9. The second-order valence-electron chi connectivity index (χ2n) is 17.3. The Bertz CT molecular complexity index is 3250. The van der Waals surface area contributed by atoms with Gasteiger partial charge in [-0.25, -0.2) is 0 Å². The first-order valence-electron chi connectivity index (χ1n) is 20.4. The van der Waals surface area contributed by atoms with Crippen molar-refractivity contribution in [2.45, 2.75) is 38.5 Å². The predicted octanol–water partition coefficient (Wildman–Crippen LogP) is 15.6. The first-order chi connectivity index (χ1) is 28.3. The summed E-state index contributed by atoms with van der Waals surface area (Å²) in [6, 6.07) is 65.1. The molecule has 0 bridgehead atoms. The van der Waals surface area contributed by atoms with Crippen molar-refractivity contribution in [3.05, 3.63) is 198 Å². The summed E-state index contributed by atoms with van der Waals surface area (Å²) < 4.78 is 6.94. The van der Waals surface area contributed by atoms with E-state index in [2.05, 4.69) is 209 Å². The molecule has 2 aliphatic carbocycles. The Balaban J connectivity index is 1.13. The lowest BCUT2D eigenvalue weighted by Gasteiger charge is -2.30. The summed E-state index contributed by atoms with van der Waals surface area (Å²) in [5.74, 6) is 0. The molecule has 0 amide bonds. The molecule has 0 saturated heterocycles. The van der Waals surface area contributed by atoms with Gasteiger partial charge in [0.2, 0.25) is 0 Å². The van der Waals surface area contributed by atoms with Gasteiger partial charge in [0.05, 0.1) is 11.1 Å². The van der Waals surface area contributed by atoms with E-state index in [-0.39, 0.29) is 10.8 Å². The van der Waals surface area contributed by atoms with E-state index < -0.39 is 0 Å². The van der Waals surface area contributed by atoms with Crippen LogP contribution in [0.25, 0.3) is 76.9 Å². The number of hydrogen-bond donors (Lipinski definition) is 0. The third-order valence-electron chi connectivity index (χ3n) is 13.4. The van der Waals surface area contributed by atoms with Crippen LogP contribution in [0.5, 0.6) is 0 Å². The van der Waals surface area contributed by atoms with Crippen LogP contribution in [-0.2, 0) is 10.8 Å². The molecule has 0 spiro atoms. The van der Waals surface area contributed by atoms with Crippen LogP contribution in [0.1, 0.15) is 49.9 Å². The summed E-state index contributed by atoms with van der Waals surface area (Å²) in [5.41, 5.74) is 17.9. The Hall–Kier alpha value is -6.90. The molecule has 2 heteroatoms. The van der Waals surface area contributed by atoms with Crippen LogP contribution in [0.2, 0.25) is 0 Å². The van der Waals surface area contributed by atoms with Gasteiger partial charge >= 0.3 is 0 Å². The molecule has 2 aliphatic rings. The summed E-state index contributed by atoms with van der Waals surface area (Å²) >= 11 is 0. The van der Waals surface area contributed by atoms with Crippen molar-refractivity contribution in [1.29, 1.82) is 0 Å². The molecule has 1 heterocycles. The average Bonchev–Trinajstić information content (AvgIpc) is 3.83. The van der Waals surface area contributed by atoms with Gasteiger partial charge in [-0.3, -0.25) is 0 Å². The van der Waals surface area contributed by atoms with E-state index >= 15 is 0 Å². The third kappa shape index (κ3) is 4.54. The summed E-state index contributed by atoms with van der Waals surface area (Å²) in [6.45, 7) is 9.46. The Morgan fingerprint density at radius 3 is 1.62 bits per heavy atom. The lowest BCUT2D eigenvalue weighted by molar-refractivity contribution is 0.660. The van der Waals surface area contributed by atoms with Gasteiger partial charge in [-0.1, -0.05) is 155 Å². The quantitative estimate of drug-likeness (QED) is 0.178. The van der Waals surface area contributed by atoms with Crippen molar-refractivity contribution >= 4 is 60.5 Å². The molecule has 2 nitrogen and oxygen atoms in total. The SMILES string of the molecule is CC1(C)c2ccccc2-c2ccc(N(c3ccc4c(c3)C(C)(C)c3ccccc3-4)c3cccc4oc5cc(-c6ccc7ccccc7c6)c6ccccc6c5c34)cc21. The first-order valence-corrected chi connectivity index (χ1v) is 20.4. The summed E-state index contributed by atoms with van der Waals surface area (Å²) in [7, 11) is 0. The summed E-state index contributed by atoms with van der Waals surface area (Å²) in [4.78, 5) is 2.49. The highest BCUT2D eigenvalue weighted by Crippen LogP contribution is 2.54. The van der Waals surface area contributed by atoms with Crippen LogP contribution in [0.4, 0.5) is 17.1 Å². The predicted molar refractivity (Wildman–Crippen MR) is 244 cm³/mol. The molecule has 0 atom stereocenters. The minimum atomic E-state index is -0.140. The van der Waals surface area contributed by atoms with Gasteiger partial charge < -0.3 is 9.32 Å². The summed E-state index contributed by atoms with van der Waals surface area (Å²) in [6.07, 6.45) is 0. The molecule has 0 saturated carbocycles. The fraction of sp³-hybridized carbons (Fsp3) is 0.107. The van der Waals surface area contributed by atoms with E-state index in [1.54, 1.807) is 0 Å². The van der Waals surface area contributed by atoms with Gasteiger partial charge in [-0.2, -0.15) is 0 Å². The Morgan fingerprint density at radius 2 is 0.948 bits per heavy atom. The lowest BCUT2D eigenvalue weighted by Crippen LogP contribution is -2.18. The molecule has 0 radical (unpaired) electrons. The molecular formula is C56H41NO. The molecule has 0 unspecified atom stereocenters. The van der Waals surface area contributed by atoms with E-state index in [9.17, 15) is 0 Å². The Morgan fingerprint density at radius 1 is 0.379 bits per heavy atom. The maximum Gasteiger partial charge on any atom is 0.137 e. The maximum absolute atomic E-state index is 6.94. The molecule has 9 aromatic carbocycles. The molecule has 58 heavy (non-hydrogen) atoms.